The van der Waals surface area contributed by atoms with Gasteiger partial charge in [0, 0.05) is 0 Å². The molecule has 0 unspecified atom stereocenters. The van der Waals surface area contributed by atoms with E-state index >= 15 is 0 Å². The first kappa shape index (κ1) is 20.4. The summed E-state index contributed by atoms with van der Waals surface area (Å²) in [5.41, 5.74) is 0. The van der Waals surface area contributed by atoms with Crippen LogP contribution >= 0.6 is 0 Å². The van der Waals surface area contributed by atoms with Crippen molar-refractivity contribution in [3.8, 4) is 0 Å². The van der Waals surface area contributed by atoms with Crippen molar-refractivity contribution in [2.45, 2.75) is 90.9 Å². The number of rotatable bonds is 15. The number of aliphatic hydroxyl groups excluding tert-OH is 1. The maximum Gasteiger partial charge on any atom is 0.309 e. The molecule has 0 rings (SSSR count). The van der Waals surface area contributed by atoms with E-state index in [1.54, 1.807) is 0 Å². The van der Waals surface area contributed by atoms with E-state index in [1.165, 1.54) is 51.4 Å². The van der Waals surface area contributed by atoms with Gasteiger partial charge < -0.3 is 9.84 Å². The van der Waals surface area contributed by atoms with Crippen molar-refractivity contribution in [1.29, 1.82) is 0 Å². The second-order valence-electron chi connectivity index (χ2n) is 5.99. The van der Waals surface area contributed by atoms with Gasteiger partial charge in [0.25, 0.3) is 0 Å². The third-order valence-corrected chi connectivity index (χ3v) is 3.98. The Hall–Kier alpha value is -0.570. The Labute approximate surface area is 131 Å². The van der Waals surface area contributed by atoms with Gasteiger partial charge in [-0.2, -0.15) is 0 Å². The second-order valence-corrected chi connectivity index (χ2v) is 5.99. The van der Waals surface area contributed by atoms with E-state index in [1.807, 2.05) is 0 Å². The van der Waals surface area contributed by atoms with Gasteiger partial charge in [0.2, 0.25) is 0 Å². The van der Waals surface area contributed by atoms with Crippen molar-refractivity contribution >= 4 is 5.97 Å². The van der Waals surface area contributed by atoms with Crippen molar-refractivity contribution in [2.75, 3.05) is 13.2 Å². The normalized spacial score (nSPS) is 11.0. The van der Waals surface area contributed by atoms with Gasteiger partial charge in [-0.25, -0.2) is 0 Å². The zero-order valence-electron chi connectivity index (χ0n) is 14.2. The molecule has 0 aliphatic rings. The molecule has 0 bridgehead atoms. The van der Waals surface area contributed by atoms with Crippen LogP contribution in [0.5, 0.6) is 0 Å². The number of aliphatic hydroxyl groups is 1. The van der Waals surface area contributed by atoms with Crippen LogP contribution in [0.25, 0.3) is 0 Å². The molecule has 0 saturated heterocycles. The Kier molecular flexibility index (Phi) is 15.4. The van der Waals surface area contributed by atoms with Crippen molar-refractivity contribution < 1.29 is 14.6 Å². The lowest BCUT2D eigenvalue weighted by molar-refractivity contribution is -0.150. The fourth-order valence-corrected chi connectivity index (χ4v) is 2.63. The Morgan fingerprint density at radius 1 is 0.857 bits per heavy atom. The standard InChI is InChI=1S/C18H36O3/c1-3-5-7-9-11-13-17(18(20)21-16-15-19)14-12-10-8-6-4-2/h17,19H,3-16H2,1-2H3. The number of hydrogen-bond donors (Lipinski definition) is 1. The highest BCUT2D eigenvalue weighted by atomic mass is 16.5. The Morgan fingerprint density at radius 2 is 1.33 bits per heavy atom. The van der Waals surface area contributed by atoms with Crippen LogP contribution in [0.3, 0.4) is 0 Å². The molecule has 21 heavy (non-hydrogen) atoms. The summed E-state index contributed by atoms with van der Waals surface area (Å²) >= 11 is 0. The molecule has 0 aliphatic carbocycles. The predicted octanol–water partition coefficient (Wildman–Crippen LogP) is 4.86. The lowest BCUT2D eigenvalue weighted by atomic mass is 9.94. The number of hydrogen-bond acceptors (Lipinski definition) is 3. The number of ether oxygens (including phenoxy) is 1. The summed E-state index contributed by atoms with van der Waals surface area (Å²) in [6, 6.07) is 0. The van der Waals surface area contributed by atoms with Crippen LogP contribution in [0, 0.1) is 5.92 Å². The first-order valence-electron chi connectivity index (χ1n) is 9.03. The van der Waals surface area contributed by atoms with Gasteiger partial charge in [0.15, 0.2) is 0 Å². The quantitative estimate of drug-likeness (QED) is 0.347. The molecule has 3 heteroatoms. The highest BCUT2D eigenvalue weighted by molar-refractivity contribution is 5.72. The maximum absolute atomic E-state index is 12.0. The summed E-state index contributed by atoms with van der Waals surface area (Å²) in [6.45, 7) is 4.49. The Bertz CT molecular complexity index is 215. The molecule has 0 spiro atoms. The van der Waals surface area contributed by atoms with Crippen LogP contribution < -0.4 is 0 Å². The van der Waals surface area contributed by atoms with Gasteiger partial charge in [-0.3, -0.25) is 4.79 Å². The number of carbonyl (C=O) groups is 1. The summed E-state index contributed by atoms with van der Waals surface area (Å²) in [5, 5.41) is 8.77. The van der Waals surface area contributed by atoms with Crippen molar-refractivity contribution in [2.24, 2.45) is 5.92 Å². The molecule has 3 nitrogen and oxygen atoms in total. The lowest BCUT2D eigenvalue weighted by Crippen LogP contribution is -2.19. The second kappa shape index (κ2) is 15.8. The zero-order valence-corrected chi connectivity index (χ0v) is 14.2. The van der Waals surface area contributed by atoms with Crippen molar-refractivity contribution in [3.63, 3.8) is 0 Å². The average molecular weight is 300 g/mol. The third kappa shape index (κ3) is 12.9. The van der Waals surface area contributed by atoms with Crippen LogP contribution in [-0.2, 0) is 9.53 Å². The van der Waals surface area contributed by atoms with E-state index in [4.69, 9.17) is 9.84 Å². The fraction of sp³-hybridized carbons (Fsp3) is 0.944. The highest BCUT2D eigenvalue weighted by Gasteiger charge is 2.19. The van der Waals surface area contributed by atoms with Gasteiger partial charge in [0.05, 0.1) is 12.5 Å². The van der Waals surface area contributed by atoms with Crippen LogP contribution in [0.2, 0.25) is 0 Å². The summed E-state index contributed by atoms with van der Waals surface area (Å²) in [5.74, 6) is -0.0603. The number of esters is 1. The SMILES string of the molecule is CCCCCCCC(CCCCCCC)C(=O)OCCO. The molecular weight excluding hydrogens is 264 g/mol. The monoisotopic (exact) mass is 300 g/mol. The average Bonchev–Trinajstić information content (AvgIpc) is 2.50. The summed E-state index contributed by atoms with van der Waals surface area (Å²) in [4.78, 5) is 12.0. The van der Waals surface area contributed by atoms with Gasteiger partial charge in [-0.1, -0.05) is 78.1 Å². The van der Waals surface area contributed by atoms with Gasteiger partial charge >= 0.3 is 5.97 Å². The van der Waals surface area contributed by atoms with E-state index in [2.05, 4.69) is 13.8 Å². The van der Waals surface area contributed by atoms with Crippen LogP contribution in [0.4, 0.5) is 0 Å². The third-order valence-electron chi connectivity index (χ3n) is 3.98. The summed E-state index contributed by atoms with van der Waals surface area (Å²) < 4.78 is 5.12. The molecule has 0 aromatic rings. The van der Waals surface area contributed by atoms with E-state index in [0.29, 0.717) is 0 Å². The van der Waals surface area contributed by atoms with Gasteiger partial charge in [0.1, 0.15) is 6.61 Å². The molecule has 0 radical (unpaired) electrons. The van der Waals surface area contributed by atoms with Crippen molar-refractivity contribution in [1.82, 2.24) is 0 Å². The lowest BCUT2D eigenvalue weighted by Gasteiger charge is -2.15. The molecule has 0 aromatic carbocycles. The highest BCUT2D eigenvalue weighted by Crippen LogP contribution is 2.20. The first-order chi connectivity index (χ1) is 10.3. The van der Waals surface area contributed by atoms with Crippen molar-refractivity contribution in [3.05, 3.63) is 0 Å². The first-order valence-corrected chi connectivity index (χ1v) is 9.03. The minimum absolute atomic E-state index is 0.0415. The predicted molar refractivity (Wildman–Crippen MR) is 88.3 cm³/mol. The van der Waals surface area contributed by atoms with Gasteiger partial charge in [-0.15, -0.1) is 0 Å². The van der Waals surface area contributed by atoms with E-state index < -0.39 is 0 Å². The Morgan fingerprint density at radius 3 is 1.76 bits per heavy atom. The Balaban J connectivity index is 3.93. The van der Waals surface area contributed by atoms with Crippen LogP contribution in [-0.4, -0.2) is 24.3 Å². The maximum atomic E-state index is 12.0. The summed E-state index contributed by atoms with van der Waals surface area (Å²) in [6.07, 6.45) is 14.2. The molecule has 0 aliphatic heterocycles. The number of carbonyl (C=O) groups excluding carboxylic acids is 1. The molecule has 0 saturated carbocycles. The molecule has 0 aromatic heterocycles. The zero-order chi connectivity index (χ0) is 15.8. The molecule has 126 valence electrons. The van der Waals surface area contributed by atoms with E-state index in [0.717, 1.165) is 25.7 Å². The molecule has 0 heterocycles. The van der Waals surface area contributed by atoms with Crippen LogP contribution in [0.1, 0.15) is 90.9 Å². The molecule has 1 N–H and O–H groups in total. The number of unbranched alkanes of at least 4 members (excludes halogenated alkanes) is 8. The largest absolute Gasteiger partial charge is 0.463 e. The van der Waals surface area contributed by atoms with E-state index in [9.17, 15) is 4.79 Å². The molecule has 0 atom stereocenters. The smallest absolute Gasteiger partial charge is 0.309 e. The minimum Gasteiger partial charge on any atom is -0.463 e. The molecule has 0 fully saturated rings. The topological polar surface area (TPSA) is 46.5 Å². The molecule has 0 amide bonds. The van der Waals surface area contributed by atoms with Crippen LogP contribution in [0.15, 0.2) is 0 Å². The fourth-order valence-electron chi connectivity index (χ4n) is 2.63. The summed E-state index contributed by atoms with van der Waals surface area (Å²) in [7, 11) is 0. The van der Waals surface area contributed by atoms with Gasteiger partial charge in [-0.05, 0) is 12.8 Å². The minimum atomic E-state index is -0.102. The molecular formula is C18H36O3. The van der Waals surface area contributed by atoms with E-state index in [-0.39, 0.29) is 25.1 Å².